The van der Waals surface area contributed by atoms with Gasteiger partial charge in [0.1, 0.15) is 0 Å². The highest BCUT2D eigenvalue weighted by Gasteiger charge is 2.43. The van der Waals surface area contributed by atoms with Crippen LogP contribution in [0.2, 0.25) is 0 Å². The molecule has 0 aliphatic heterocycles. The van der Waals surface area contributed by atoms with Gasteiger partial charge in [0.2, 0.25) is 5.91 Å². The molecule has 0 heterocycles. The Morgan fingerprint density at radius 2 is 1.76 bits per heavy atom. The van der Waals surface area contributed by atoms with Crippen LogP contribution in [0, 0.1) is 11.8 Å². The van der Waals surface area contributed by atoms with Crippen molar-refractivity contribution < 1.29 is 18.0 Å². The van der Waals surface area contributed by atoms with Crippen LogP contribution >= 0.6 is 0 Å². The Morgan fingerprint density at radius 3 is 2.29 bits per heavy atom. The molecule has 0 aromatic rings. The van der Waals surface area contributed by atoms with Gasteiger partial charge >= 0.3 is 6.18 Å². The molecule has 2 saturated carbocycles. The molecule has 0 saturated heterocycles. The van der Waals surface area contributed by atoms with Gasteiger partial charge < -0.3 is 11.1 Å². The van der Waals surface area contributed by atoms with E-state index in [1.54, 1.807) is 0 Å². The third kappa shape index (κ3) is 4.11. The van der Waals surface area contributed by atoms with E-state index in [4.69, 9.17) is 5.73 Å². The number of rotatable bonds is 2. The lowest BCUT2D eigenvalue weighted by Crippen LogP contribution is -2.54. The molecule has 21 heavy (non-hydrogen) atoms. The van der Waals surface area contributed by atoms with E-state index in [0.717, 1.165) is 25.7 Å². The predicted molar refractivity (Wildman–Crippen MR) is 74.5 cm³/mol. The van der Waals surface area contributed by atoms with Gasteiger partial charge in [-0.1, -0.05) is 12.8 Å². The first-order valence-corrected chi connectivity index (χ1v) is 7.86. The number of alkyl halides is 3. The van der Waals surface area contributed by atoms with Crippen molar-refractivity contribution in [3.05, 3.63) is 0 Å². The second kappa shape index (κ2) is 6.15. The van der Waals surface area contributed by atoms with Crippen molar-refractivity contribution >= 4 is 5.91 Å². The van der Waals surface area contributed by atoms with E-state index in [1.165, 1.54) is 0 Å². The number of nitrogens with one attached hydrogen (secondary N) is 1. The quantitative estimate of drug-likeness (QED) is 0.823. The maximum absolute atomic E-state index is 12.6. The van der Waals surface area contributed by atoms with Crippen LogP contribution in [0.5, 0.6) is 0 Å². The van der Waals surface area contributed by atoms with Crippen molar-refractivity contribution in [2.75, 3.05) is 0 Å². The summed E-state index contributed by atoms with van der Waals surface area (Å²) in [6.45, 7) is 1.90. The van der Waals surface area contributed by atoms with Gasteiger partial charge in [-0.2, -0.15) is 13.2 Å². The van der Waals surface area contributed by atoms with E-state index < -0.39 is 17.6 Å². The number of halogens is 3. The van der Waals surface area contributed by atoms with Crippen LogP contribution in [-0.2, 0) is 4.79 Å². The van der Waals surface area contributed by atoms with Crippen LogP contribution in [0.3, 0.4) is 0 Å². The van der Waals surface area contributed by atoms with Gasteiger partial charge in [-0.05, 0) is 45.4 Å². The van der Waals surface area contributed by atoms with Crippen molar-refractivity contribution in [3.63, 3.8) is 0 Å². The number of nitrogens with two attached hydrogens (primary N) is 1. The lowest BCUT2D eigenvalue weighted by Gasteiger charge is -2.38. The zero-order chi connectivity index (χ0) is 15.7. The Bertz CT molecular complexity index is 374. The van der Waals surface area contributed by atoms with Crippen LogP contribution in [0.1, 0.15) is 58.3 Å². The molecule has 2 aliphatic rings. The lowest BCUT2D eigenvalue weighted by atomic mass is 9.74. The zero-order valence-corrected chi connectivity index (χ0v) is 12.5. The summed E-state index contributed by atoms with van der Waals surface area (Å²) in [5, 5.41) is 2.93. The topological polar surface area (TPSA) is 55.1 Å². The minimum Gasteiger partial charge on any atom is -0.353 e. The van der Waals surface area contributed by atoms with Crippen molar-refractivity contribution in [1.82, 2.24) is 5.32 Å². The van der Waals surface area contributed by atoms with Gasteiger partial charge in [-0.25, -0.2) is 0 Å². The normalized spacial score (nSPS) is 38.0. The summed E-state index contributed by atoms with van der Waals surface area (Å²) in [6, 6.07) is -0.131. The molecule has 0 aromatic heterocycles. The maximum atomic E-state index is 12.6. The largest absolute Gasteiger partial charge is 0.391 e. The molecule has 0 aromatic carbocycles. The van der Waals surface area contributed by atoms with E-state index in [1.807, 2.05) is 6.92 Å². The highest BCUT2D eigenvalue weighted by molar-refractivity contribution is 5.80. The first kappa shape index (κ1) is 16.6. The Morgan fingerprint density at radius 1 is 1.14 bits per heavy atom. The average molecular weight is 306 g/mol. The van der Waals surface area contributed by atoms with Gasteiger partial charge in [0, 0.05) is 11.6 Å². The average Bonchev–Trinajstić information content (AvgIpc) is 2.37. The summed E-state index contributed by atoms with van der Waals surface area (Å²) >= 11 is 0. The molecular weight excluding hydrogens is 281 g/mol. The van der Waals surface area contributed by atoms with Gasteiger partial charge in [-0.15, -0.1) is 0 Å². The van der Waals surface area contributed by atoms with E-state index in [2.05, 4.69) is 5.32 Å². The molecule has 2 atom stereocenters. The summed E-state index contributed by atoms with van der Waals surface area (Å²) in [6.07, 6.45) is 0.557. The van der Waals surface area contributed by atoms with E-state index >= 15 is 0 Å². The number of carbonyl (C=O) groups is 1. The van der Waals surface area contributed by atoms with Gasteiger partial charge in [-0.3, -0.25) is 4.79 Å². The summed E-state index contributed by atoms with van der Waals surface area (Å²) in [5.41, 5.74) is 5.70. The molecule has 0 bridgehead atoms. The van der Waals surface area contributed by atoms with E-state index in [9.17, 15) is 18.0 Å². The fraction of sp³-hybridized carbons (Fsp3) is 0.933. The van der Waals surface area contributed by atoms with Crippen LogP contribution in [0.4, 0.5) is 13.2 Å². The number of hydrogen-bond donors (Lipinski definition) is 2. The standard InChI is InChI=1S/C15H25F3N2O/c1-14(19)9-3-2-4-12(14)13(21)20-11-7-5-10(6-8-11)15(16,17)18/h10-12H,2-9,19H2,1H3,(H,20,21). The molecule has 1 amide bonds. The number of amides is 1. The van der Waals surface area contributed by atoms with Gasteiger partial charge in [0.15, 0.2) is 0 Å². The van der Waals surface area contributed by atoms with Crippen molar-refractivity contribution in [3.8, 4) is 0 Å². The smallest absolute Gasteiger partial charge is 0.353 e. The zero-order valence-electron chi connectivity index (χ0n) is 12.5. The molecular formula is C15H25F3N2O. The Kier molecular flexibility index (Phi) is 4.85. The highest BCUT2D eigenvalue weighted by atomic mass is 19.4. The molecule has 0 spiro atoms. The first-order valence-electron chi connectivity index (χ1n) is 7.86. The monoisotopic (exact) mass is 306 g/mol. The van der Waals surface area contributed by atoms with E-state index in [0.29, 0.717) is 12.8 Å². The van der Waals surface area contributed by atoms with E-state index in [-0.39, 0.29) is 30.7 Å². The number of hydrogen-bond acceptors (Lipinski definition) is 2. The van der Waals surface area contributed by atoms with Crippen molar-refractivity contribution in [1.29, 1.82) is 0 Å². The predicted octanol–water partition coefficient (Wildman–Crippen LogP) is 3.13. The van der Waals surface area contributed by atoms with Gasteiger partial charge in [0.05, 0.1) is 11.8 Å². The van der Waals surface area contributed by atoms with Crippen LogP contribution < -0.4 is 11.1 Å². The molecule has 2 unspecified atom stereocenters. The Labute approximate surface area is 123 Å². The summed E-state index contributed by atoms with van der Waals surface area (Å²) in [7, 11) is 0. The van der Waals surface area contributed by atoms with Gasteiger partial charge in [0.25, 0.3) is 0 Å². The third-order valence-corrected chi connectivity index (χ3v) is 5.11. The lowest BCUT2D eigenvalue weighted by molar-refractivity contribution is -0.182. The van der Waals surface area contributed by atoms with Crippen LogP contribution in [0.15, 0.2) is 0 Å². The molecule has 2 fully saturated rings. The Hall–Kier alpha value is -0.780. The summed E-state index contributed by atoms with van der Waals surface area (Å²) in [4.78, 5) is 12.3. The fourth-order valence-electron chi connectivity index (χ4n) is 3.66. The SMILES string of the molecule is CC1(N)CCCCC1C(=O)NC1CCC(C(F)(F)F)CC1. The highest BCUT2D eigenvalue weighted by Crippen LogP contribution is 2.38. The molecule has 0 radical (unpaired) electrons. The minimum atomic E-state index is -4.10. The van der Waals surface area contributed by atoms with Crippen LogP contribution in [-0.4, -0.2) is 23.7 Å². The molecule has 2 rings (SSSR count). The minimum absolute atomic E-state index is 0.0739. The van der Waals surface area contributed by atoms with Crippen molar-refractivity contribution in [2.24, 2.45) is 17.6 Å². The molecule has 122 valence electrons. The molecule has 3 nitrogen and oxygen atoms in total. The molecule has 3 N–H and O–H groups in total. The number of carbonyl (C=O) groups excluding carboxylic acids is 1. The molecule has 2 aliphatic carbocycles. The molecule has 6 heteroatoms. The second-order valence-electron chi connectivity index (χ2n) is 6.90. The maximum Gasteiger partial charge on any atom is 0.391 e. The summed E-state index contributed by atoms with van der Waals surface area (Å²) in [5.74, 6) is -1.50. The third-order valence-electron chi connectivity index (χ3n) is 5.11. The van der Waals surface area contributed by atoms with Crippen LogP contribution in [0.25, 0.3) is 0 Å². The summed E-state index contributed by atoms with van der Waals surface area (Å²) < 4.78 is 37.9. The second-order valence-corrected chi connectivity index (χ2v) is 6.90. The first-order chi connectivity index (χ1) is 9.70. The Balaban J connectivity index is 1.84. The fourth-order valence-corrected chi connectivity index (χ4v) is 3.66. The van der Waals surface area contributed by atoms with Crippen molar-refractivity contribution in [2.45, 2.75) is 76.0 Å².